The zero-order chi connectivity index (χ0) is 21.3. The van der Waals surface area contributed by atoms with E-state index in [2.05, 4.69) is 46.8 Å². The molecule has 0 saturated heterocycles. The van der Waals surface area contributed by atoms with Gasteiger partial charge in [-0.05, 0) is 40.8 Å². The Morgan fingerprint density at radius 1 is 1.10 bits per heavy atom. The lowest BCUT2D eigenvalue weighted by atomic mass is 9.97. The normalized spacial score (nSPS) is 10.6. The second kappa shape index (κ2) is 10.8. The molecule has 0 aliphatic rings. The summed E-state index contributed by atoms with van der Waals surface area (Å²) < 4.78 is 5.91. The molecule has 3 aromatic rings. The van der Waals surface area contributed by atoms with Gasteiger partial charge < -0.3 is 15.4 Å². The first kappa shape index (κ1) is 21.8. The van der Waals surface area contributed by atoms with Gasteiger partial charge in [-0.1, -0.05) is 60.1 Å². The highest BCUT2D eigenvalue weighted by Gasteiger charge is 2.09. The molecule has 0 atom stereocenters. The van der Waals surface area contributed by atoms with E-state index in [1.54, 1.807) is 6.20 Å². The molecule has 0 aliphatic carbocycles. The first-order chi connectivity index (χ1) is 14.5. The van der Waals surface area contributed by atoms with E-state index in [1.807, 2.05) is 30.3 Å². The van der Waals surface area contributed by atoms with Crippen LogP contribution in [0, 0.1) is 6.92 Å². The maximum Gasteiger partial charge on any atom is 0.232 e. The Balaban J connectivity index is 1.59. The number of carbonyl (C=O) groups is 1. The monoisotopic (exact) mass is 423 g/mol. The molecule has 2 N–H and O–H groups in total. The van der Waals surface area contributed by atoms with Crippen molar-refractivity contribution in [3.8, 4) is 17.0 Å². The van der Waals surface area contributed by atoms with Crippen LogP contribution in [0.3, 0.4) is 0 Å². The van der Waals surface area contributed by atoms with E-state index < -0.39 is 0 Å². The largest absolute Gasteiger partial charge is 0.472 e. The molecule has 0 spiro atoms. The van der Waals surface area contributed by atoms with E-state index in [1.165, 1.54) is 23.6 Å². The smallest absolute Gasteiger partial charge is 0.232 e. The Hall–Kier alpha value is -2.89. The van der Waals surface area contributed by atoms with Gasteiger partial charge in [-0.15, -0.1) is 0 Å². The van der Waals surface area contributed by atoms with Crippen LogP contribution in [-0.4, -0.2) is 24.0 Å². The molecule has 1 aromatic heterocycles. The average molecular weight is 424 g/mol. The summed E-state index contributed by atoms with van der Waals surface area (Å²) in [6.45, 7) is 5.87. The summed E-state index contributed by atoms with van der Waals surface area (Å²) in [6, 6.07) is 18.4. The fraction of sp³-hybridized carbons (Fsp3) is 0.250. The van der Waals surface area contributed by atoms with E-state index in [-0.39, 0.29) is 5.91 Å². The Labute approximate surface area is 182 Å². The van der Waals surface area contributed by atoms with Gasteiger partial charge in [0.2, 0.25) is 11.8 Å². The standard InChI is InChI=1S/C24H26ClN3O2/c1-17-21(9-6-10-22(17)20-7-4-3-5-8-20)16-30-24-23(25)13-19(15-28-24)14-26-11-12-27-18(2)29/h3-10,13,15,26H,11-12,14,16H2,1-2H3,(H,27,29). The number of nitrogens with one attached hydrogen (secondary N) is 2. The Morgan fingerprint density at radius 2 is 1.90 bits per heavy atom. The van der Waals surface area contributed by atoms with Crippen molar-refractivity contribution < 1.29 is 9.53 Å². The van der Waals surface area contributed by atoms with Crippen LogP contribution in [0.25, 0.3) is 11.1 Å². The van der Waals surface area contributed by atoms with Gasteiger partial charge in [-0.25, -0.2) is 4.98 Å². The minimum absolute atomic E-state index is 0.0347. The highest BCUT2D eigenvalue weighted by atomic mass is 35.5. The lowest BCUT2D eigenvalue weighted by Crippen LogP contribution is -2.29. The Bertz CT molecular complexity index is 993. The van der Waals surface area contributed by atoms with Crippen LogP contribution in [0.1, 0.15) is 23.6 Å². The van der Waals surface area contributed by atoms with Crippen LogP contribution < -0.4 is 15.4 Å². The topological polar surface area (TPSA) is 63.2 Å². The molecule has 0 aliphatic heterocycles. The first-order valence-corrected chi connectivity index (χ1v) is 10.3. The number of ether oxygens (including phenoxy) is 1. The van der Waals surface area contributed by atoms with Crippen LogP contribution in [-0.2, 0) is 17.9 Å². The number of halogens is 1. The molecule has 0 fully saturated rings. The number of benzene rings is 2. The molecular weight excluding hydrogens is 398 g/mol. The van der Waals surface area contributed by atoms with Gasteiger partial charge in [0, 0.05) is 32.8 Å². The van der Waals surface area contributed by atoms with E-state index >= 15 is 0 Å². The molecule has 0 radical (unpaired) electrons. The van der Waals surface area contributed by atoms with Crippen LogP contribution in [0.5, 0.6) is 5.88 Å². The van der Waals surface area contributed by atoms with E-state index in [4.69, 9.17) is 16.3 Å². The molecule has 156 valence electrons. The number of hydrogen-bond acceptors (Lipinski definition) is 4. The highest BCUT2D eigenvalue weighted by Crippen LogP contribution is 2.28. The third-order valence-corrected chi connectivity index (χ3v) is 5.03. The zero-order valence-electron chi connectivity index (χ0n) is 17.2. The molecule has 1 amide bonds. The summed E-state index contributed by atoms with van der Waals surface area (Å²) in [5.41, 5.74) is 5.61. The molecule has 30 heavy (non-hydrogen) atoms. The number of carbonyl (C=O) groups excluding carboxylic acids is 1. The number of nitrogens with zero attached hydrogens (tertiary/aromatic N) is 1. The molecular formula is C24H26ClN3O2. The van der Waals surface area contributed by atoms with Crippen LogP contribution in [0.15, 0.2) is 60.8 Å². The van der Waals surface area contributed by atoms with E-state index in [9.17, 15) is 4.79 Å². The summed E-state index contributed by atoms with van der Waals surface area (Å²) in [5.74, 6) is 0.385. The van der Waals surface area contributed by atoms with E-state index in [0.29, 0.717) is 37.1 Å². The fourth-order valence-corrected chi connectivity index (χ4v) is 3.39. The summed E-state index contributed by atoms with van der Waals surface area (Å²) >= 11 is 6.37. The lowest BCUT2D eigenvalue weighted by molar-refractivity contribution is -0.118. The maximum absolute atomic E-state index is 10.9. The molecule has 2 aromatic carbocycles. The second-order valence-electron chi connectivity index (χ2n) is 7.03. The Morgan fingerprint density at radius 3 is 2.63 bits per heavy atom. The van der Waals surface area contributed by atoms with Gasteiger partial charge in [0.25, 0.3) is 0 Å². The van der Waals surface area contributed by atoms with Crippen LogP contribution in [0.2, 0.25) is 5.02 Å². The molecule has 1 heterocycles. The van der Waals surface area contributed by atoms with Crippen molar-refractivity contribution in [2.45, 2.75) is 27.0 Å². The minimum atomic E-state index is -0.0347. The zero-order valence-corrected chi connectivity index (χ0v) is 18.0. The van der Waals surface area contributed by atoms with Gasteiger partial charge in [-0.3, -0.25) is 4.79 Å². The summed E-state index contributed by atoms with van der Waals surface area (Å²) in [5, 5.41) is 6.46. The molecule has 0 saturated carbocycles. The van der Waals surface area contributed by atoms with Gasteiger partial charge in [-0.2, -0.15) is 0 Å². The molecule has 3 rings (SSSR count). The molecule has 6 heteroatoms. The predicted molar refractivity (Wildman–Crippen MR) is 121 cm³/mol. The van der Waals surface area contributed by atoms with E-state index in [0.717, 1.165) is 11.1 Å². The minimum Gasteiger partial charge on any atom is -0.472 e. The summed E-state index contributed by atoms with van der Waals surface area (Å²) in [7, 11) is 0. The van der Waals surface area contributed by atoms with Crippen molar-refractivity contribution in [2.24, 2.45) is 0 Å². The van der Waals surface area contributed by atoms with Gasteiger partial charge in [0.15, 0.2) is 0 Å². The second-order valence-corrected chi connectivity index (χ2v) is 7.44. The lowest BCUT2D eigenvalue weighted by Gasteiger charge is -2.13. The van der Waals surface area contributed by atoms with Crippen molar-refractivity contribution >= 4 is 17.5 Å². The number of aromatic nitrogens is 1. The number of rotatable bonds is 9. The summed E-state index contributed by atoms with van der Waals surface area (Å²) in [4.78, 5) is 15.2. The SMILES string of the molecule is CC(=O)NCCNCc1cnc(OCc2cccc(-c3ccccc3)c2C)c(Cl)c1. The van der Waals surface area contributed by atoms with Crippen molar-refractivity contribution in [2.75, 3.05) is 13.1 Å². The van der Waals surface area contributed by atoms with Crippen LogP contribution >= 0.6 is 11.6 Å². The van der Waals surface area contributed by atoms with Crippen molar-refractivity contribution in [3.63, 3.8) is 0 Å². The van der Waals surface area contributed by atoms with Crippen molar-refractivity contribution in [1.82, 2.24) is 15.6 Å². The number of hydrogen-bond donors (Lipinski definition) is 2. The number of amides is 1. The third-order valence-electron chi connectivity index (χ3n) is 4.76. The van der Waals surface area contributed by atoms with Crippen molar-refractivity contribution in [3.05, 3.63) is 82.5 Å². The Kier molecular flexibility index (Phi) is 7.82. The van der Waals surface area contributed by atoms with Gasteiger partial charge in [0.1, 0.15) is 11.6 Å². The van der Waals surface area contributed by atoms with Crippen LogP contribution in [0.4, 0.5) is 0 Å². The van der Waals surface area contributed by atoms with Gasteiger partial charge in [0.05, 0.1) is 0 Å². The fourth-order valence-electron chi connectivity index (χ4n) is 3.14. The summed E-state index contributed by atoms with van der Waals surface area (Å²) in [6.07, 6.45) is 1.75. The average Bonchev–Trinajstić information content (AvgIpc) is 2.74. The first-order valence-electron chi connectivity index (χ1n) is 9.91. The molecule has 5 nitrogen and oxygen atoms in total. The quantitative estimate of drug-likeness (QED) is 0.497. The number of pyridine rings is 1. The molecule has 0 unspecified atom stereocenters. The van der Waals surface area contributed by atoms with Crippen molar-refractivity contribution in [1.29, 1.82) is 0 Å². The van der Waals surface area contributed by atoms with Gasteiger partial charge >= 0.3 is 0 Å². The molecule has 0 bridgehead atoms. The third kappa shape index (κ3) is 6.05. The predicted octanol–water partition coefficient (Wildman–Crippen LogP) is 4.52. The highest BCUT2D eigenvalue weighted by molar-refractivity contribution is 6.31. The maximum atomic E-state index is 10.9.